The van der Waals surface area contributed by atoms with E-state index in [1.807, 2.05) is 36.4 Å². The van der Waals surface area contributed by atoms with E-state index < -0.39 is 0 Å². The predicted molar refractivity (Wildman–Crippen MR) is 122 cm³/mol. The molecule has 0 aliphatic carbocycles. The van der Waals surface area contributed by atoms with E-state index in [0.717, 1.165) is 47.5 Å². The van der Waals surface area contributed by atoms with Gasteiger partial charge in [0.15, 0.2) is 0 Å². The highest BCUT2D eigenvalue weighted by Crippen LogP contribution is 2.27. The molecule has 0 fully saturated rings. The zero-order chi connectivity index (χ0) is 20.5. The lowest BCUT2D eigenvalue weighted by atomic mass is 10.00. The fourth-order valence-corrected chi connectivity index (χ4v) is 3.33. The molecule has 2 heterocycles. The molecular formula is C22H27N5OS. The number of nitrogens with one attached hydrogen (secondary N) is 2. The summed E-state index contributed by atoms with van der Waals surface area (Å²) in [6, 6.07) is 14.1. The third-order valence-corrected chi connectivity index (χ3v) is 5.21. The molecule has 0 radical (unpaired) electrons. The fourth-order valence-electron chi connectivity index (χ4n) is 3.02. The van der Waals surface area contributed by atoms with Crippen molar-refractivity contribution < 1.29 is 4.74 Å². The molecule has 1 unspecified atom stereocenters. The van der Waals surface area contributed by atoms with Gasteiger partial charge in [-0.3, -0.25) is 0 Å². The first-order valence-corrected chi connectivity index (χ1v) is 11.0. The number of pyridine rings is 1. The molecule has 0 amide bonds. The summed E-state index contributed by atoms with van der Waals surface area (Å²) in [4.78, 5) is 13.2. The summed E-state index contributed by atoms with van der Waals surface area (Å²) in [5.74, 6) is 3.87. The van der Waals surface area contributed by atoms with Crippen molar-refractivity contribution in [3.05, 3.63) is 60.6 Å². The van der Waals surface area contributed by atoms with Crippen LogP contribution in [0, 0.1) is 0 Å². The summed E-state index contributed by atoms with van der Waals surface area (Å²) >= 11 is 1.80. The highest BCUT2D eigenvalue weighted by atomic mass is 32.2. The molecule has 2 aromatic heterocycles. The molecule has 0 spiro atoms. The molecule has 3 aromatic rings. The van der Waals surface area contributed by atoms with Crippen LogP contribution >= 0.6 is 11.8 Å². The van der Waals surface area contributed by atoms with Gasteiger partial charge in [-0.1, -0.05) is 25.1 Å². The Morgan fingerprint density at radius 2 is 1.86 bits per heavy atom. The summed E-state index contributed by atoms with van der Waals surface area (Å²) in [7, 11) is 1.70. The Kier molecular flexibility index (Phi) is 7.69. The molecule has 0 aliphatic rings. The molecule has 152 valence electrons. The van der Waals surface area contributed by atoms with Crippen LogP contribution in [0.25, 0.3) is 11.3 Å². The molecule has 7 heteroatoms. The lowest BCUT2D eigenvalue weighted by Crippen LogP contribution is -2.12. The maximum Gasteiger partial charge on any atom is 0.129 e. The number of methoxy groups -OCH3 is 1. The third kappa shape index (κ3) is 5.84. The van der Waals surface area contributed by atoms with Crippen molar-refractivity contribution in [1.82, 2.24) is 15.0 Å². The van der Waals surface area contributed by atoms with Gasteiger partial charge in [0.2, 0.25) is 0 Å². The number of hydrogen-bond donors (Lipinski definition) is 2. The van der Waals surface area contributed by atoms with E-state index in [0.29, 0.717) is 0 Å². The minimum Gasteiger partial charge on any atom is -0.496 e. The maximum absolute atomic E-state index is 5.48. The lowest BCUT2D eigenvalue weighted by Gasteiger charge is -2.16. The van der Waals surface area contributed by atoms with Crippen molar-refractivity contribution in [2.45, 2.75) is 12.8 Å². The van der Waals surface area contributed by atoms with Crippen LogP contribution in [0.1, 0.15) is 18.4 Å². The molecule has 29 heavy (non-hydrogen) atoms. The molecular weight excluding hydrogens is 382 g/mol. The number of anilines is 2. The standard InChI is InChI=1S/C22H27N5OS/c1-16(18-6-4-5-7-20(18)28-2)14-25-22-13-19(26-15-27-22)17-8-9-23-21(12-17)24-10-11-29-3/h4-9,12-13,15-16H,10-11,14H2,1-3H3,(H,23,24)(H,25,26,27). The van der Waals surface area contributed by atoms with Crippen LogP contribution in [0.3, 0.4) is 0 Å². The van der Waals surface area contributed by atoms with E-state index in [1.54, 1.807) is 31.4 Å². The molecule has 0 saturated heterocycles. The van der Waals surface area contributed by atoms with Gasteiger partial charge in [0.1, 0.15) is 23.7 Å². The Bertz CT molecular complexity index is 921. The Morgan fingerprint density at radius 3 is 2.69 bits per heavy atom. The summed E-state index contributed by atoms with van der Waals surface area (Å²) in [6.45, 7) is 3.80. The fraction of sp³-hybridized carbons (Fsp3) is 0.318. The van der Waals surface area contributed by atoms with Crippen LogP contribution in [0.4, 0.5) is 11.6 Å². The van der Waals surface area contributed by atoms with Crippen molar-refractivity contribution in [3.8, 4) is 17.0 Å². The topological polar surface area (TPSA) is 72.0 Å². The van der Waals surface area contributed by atoms with Gasteiger partial charge in [-0.2, -0.15) is 11.8 Å². The average Bonchev–Trinajstić information content (AvgIpc) is 2.78. The molecule has 2 N–H and O–H groups in total. The zero-order valence-corrected chi connectivity index (χ0v) is 17.9. The van der Waals surface area contributed by atoms with Gasteiger partial charge in [-0.15, -0.1) is 0 Å². The number of benzene rings is 1. The first kappa shape index (κ1) is 20.9. The molecule has 0 bridgehead atoms. The number of rotatable bonds is 10. The molecule has 1 aromatic carbocycles. The monoisotopic (exact) mass is 409 g/mol. The Hall–Kier alpha value is -2.80. The molecule has 0 aliphatic heterocycles. The number of hydrogen-bond acceptors (Lipinski definition) is 7. The van der Waals surface area contributed by atoms with Crippen molar-refractivity contribution >= 4 is 23.4 Å². The Labute approximate surface area is 176 Å². The van der Waals surface area contributed by atoms with Gasteiger partial charge in [0, 0.05) is 42.6 Å². The minimum absolute atomic E-state index is 0.276. The second-order valence-corrected chi connectivity index (χ2v) is 7.65. The van der Waals surface area contributed by atoms with Gasteiger partial charge in [0.25, 0.3) is 0 Å². The first-order chi connectivity index (χ1) is 14.2. The Morgan fingerprint density at radius 1 is 1.03 bits per heavy atom. The molecule has 0 saturated carbocycles. The largest absolute Gasteiger partial charge is 0.496 e. The number of thioether (sulfide) groups is 1. The van der Waals surface area contributed by atoms with Gasteiger partial charge >= 0.3 is 0 Å². The van der Waals surface area contributed by atoms with Crippen molar-refractivity contribution in [1.29, 1.82) is 0 Å². The molecule has 1 atom stereocenters. The highest BCUT2D eigenvalue weighted by molar-refractivity contribution is 7.98. The summed E-state index contributed by atoms with van der Waals surface area (Å²) in [5, 5.41) is 6.76. The third-order valence-electron chi connectivity index (χ3n) is 4.59. The second kappa shape index (κ2) is 10.7. The summed E-state index contributed by atoms with van der Waals surface area (Å²) in [6.07, 6.45) is 5.48. The van der Waals surface area contributed by atoms with Crippen LogP contribution in [-0.4, -0.2) is 47.2 Å². The van der Waals surface area contributed by atoms with Crippen LogP contribution in [-0.2, 0) is 0 Å². The number of aromatic nitrogens is 3. The number of nitrogens with zero attached hydrogens (tertiary/aromatic N) is 3. The smallest absolute Gasteiger partial charge is 0.129 e. The van der Waals surface area contributed by atoms with Crippen molar-refractivity contribution in [2.75, 3.05) is 42.8 Å². The van der Waals surface area contributed by atoms with E-state index in [1.165, 1.54) is 5.56 Å². The SMILES string of the molecule is COc1ccccc1C(C)CNc1cc(-c2ccnc(NCCSC)c2)ncn1. The second-order valence-electron chi connectivity index (χ2n) is 6.66. The van der Waals surface area contributed by atoms with Crippen LogP contribution in [0.2, 0.25) is 0 Å². The number of ether oxygens (including phenoxy) is 1. The van der Waals surface area contributed by atoms with Crippen LogP contribution in [0.5, 0.6) is 5.75 Å². The predicted octanol–water partition coefficient (Wildman–Crippen LogP) is 4.54. The van der Waals surface area contributed by atoms with Crippen LogP contribution in [0.15, 0.2) is 55.0 Å². The van der Waals surface area contributed by atoms with Gasteiger partial charge < -0.3 is 15.4 Å². The van der Waals surface area contributed by atoms with E-state index >= 15 is 0 Å². The van der Waals surface area contributed by atoms with Crippen molar-refractivity contribution in [3.63, 3.8) is 0 Å². The van der Waals surface area contributed by atoms with Gasteiger partial charge in [0.05, 0.1) is 12.8 Å². The average molecular weight is 410 g/mol. The highest BCUT2D eigenvalue weighted by Gasteiger charge is 2.11. The van der Waals surface area contributed by atoms with Crippen molar-refractivity contribution in [2.24, 2.45) is 0 Å². The molecule has 6 nitrogen and oxygen atoms in total. The normalized spacial score (nSPS) is 11.7. The van der Waals surface area contributed by atoms with Crippen LogP contribution < -0.4 is 15.4 Å². The first-order valence-electron chi connectivity index (χ1n) is 9.59. The Balaban J connectivity index is 1.67. The van der Waals surface area contributed by atoms with Gasteiger partial charge in [-0.05, 0) is 30.0 Å². The maximum atomic E-state index is 5.48. The summed E-state index contributed by atoms with van der Waals surface area (Å²) < 4.78 is 5.48. The van der Waals surface area contributed by atoms with E-state index in [4.69, 9.17) is 4.74 Å². The molecule has 3 rings (SSSR count). The van der Waals surface area contributed by atoms with E-state index in [9.17, 15) is 0 Å². The van der Waals surface area contributed by atoms with Gasteiger partial charge in [-0.25, -0.2) is 15.0 Å². The lowest BCUT2D eigenvalue weighted by molar-refractivity contribution is 0.407. The summed E-state index contributed by atoms with van der Waals surface area (Å²) in [5.41, 5.74) is 3.05. The van der Waals surface area contributed by atoms with E-state index in [2.05, 4.69) is 44.8 Å². The van der Waals surface area contributed by atoms with E-state index in [-0.39, 0.29) is 5.92 Å². The minimum atomic E-state index is 0.276. The zero-order valence-electron chi connectivity index (χ0n) is 17.1. The quantitative estimate of drug-likeness (QED) is 0.476. The number of para-hydroxylation sites is 1.